The lowest BCUT2D eigenvalue weighted by atomic mass is 10.2. The molecule has 0 aliphatic carbocycles. The first-order valence-corrected chi connectivity index (χ1v) is 7.21. The molecule has 0 bridgehead atoms. The number of carboxylic acids is 1. The maximum Gasteiger partial charge on any atom is 0.329 e. The lowest BCUT2D eigenvalue weighted by Crippen LogP contribution is -1.89. The Kier molecular flexibility index (Phi) is 6.77. The molecule has 2 rings (SSSR count). The number of nitrogens with zero attached hydrogens (tertiary/aromatic N) is 2. The van der Waals surface area contributed by atoms with Crippen LogP contribution in [-0.2, 0) is 11.2 Å². The van der Waals surface area contributed by atoms with Crippen molar-refractivity contribution >= 4 is 34.2 Å². The molecule has 2 heterocycles. The zero-order valence-corrected chi connectivity index (χ0v) is 11.9. The van der Waals surface area contributed by atoms with Gasteiger partial charge in [-0.2, -0.15) is 10.5 Å². The third-order valence-electron chi connectivity index (χ3n) is 2.01. The van der Waals surface area contributed by atoms with Crippen LogP contribution in [0, 0.1) is 22.7 Å². The molecular weight excluding hydrogens is 292 g/mol. The van der Waals surface area contributed by atoms with Crippen LogP contribution < -0.4 is 0 Å². The summed E-state index contributed by atoms with van der Waals surface area (Å²) in [6.07, 6.45) is 1.46. The Bertz CT molecular complexity index is 644. The molecule has 100 valence electrons. The monoisotopic (exact) mass is 302 g/mol. The summed E-state index contributed by atoms with van der Waals surface area (Å²) in [4.78, 5) is 12.1. The van der Waals surface area contributed by atoms with Gasteiger partial charge in [-0.1, -0.05) is 12.1 Å². The standard InChI is InChI=1S/C8H5NO2S.C6H5NS/c9-5-6(4-8(10)11)7-2-1-3-12-7;7-4-3-6-2-1-5-8-6/h1-4H,(H,10,11);1-2,5H,3H2/b6-4-;. The van der Waals surface area contributed by atoms with Crippen molar-refractivity contribution in [1.29, 1.82) is 10.5 Å². The van der Waals surface area contributed by atoms with Gasteiger partial charge in [-0.25, -0.2) is 4.79 Å². The fourth-order valence-corrected chi connectivity index (χ4v) is 2.53. The number of aliphatic carboxylic acids is 1. The molecular formula is C14H10N2O2S2. The topological polar surface area (TPSA) is 84.9 Å². The lowest BCUT2D eigenvalue weighted by molar-refractivity contribution is -0.131. The smallest absolute Gasteiger partial charge is 0.329 e. The highest BCUT2D eigenvalue weighted by Crippen LogP contribution is 2.18. The second-order valence-electron chi connectivity index (χ2n) is 3.40. The van der Waals surface area contributed by atoms with Gasteiger partial charge in [0.2, 0.25) is 0 Å². The quantitative estimate of drug-likeness (QED) is 0.694. The van der Waals surface area contributed by atoms with Crippen LogP contribution in [0.3, 0.4) is 0 Å². The number of allylic oxidation sites excluding steroid dienone is 1. The summed E-state index contributed by atoms with van der Waals surface area (Å²) in [5, 5.41) is 28.9. The lowest BCUT2D eigenvalue weighted by Gasteiger charge is -1.88. The van der Waals surface area contributed by atoms with Gasteiger partial charge in [0.05, 0.1) is 18.1 Å². The summed E-state index contributed by atoms with van der Waals surface area (Å²) in [5.41, 5.74) is 0.192. The number of nitriles is 2. The fourth-order valence-electron chi connectivity index (χ4n) is 1.20. The van der Waals surface area contributed by atoms with Gasteiger partial charge < -0.3 is 5.11 Å². The van der Waals surface area contributed by atoms with E-state index in [1.165, 1.54) is 11.3 Å². The summed E-state index contributed by atoms with van der Waals surface area (Å²) in [7, 11) is 0. The average molecular weight is 302 g/mol. The molecule has 4 nitrogen and oxygen atoms in total. The van der Waals surface area contributed by atoms with Crippen LogP contribution in [-0.4, -0.2) is 11.1 Å². The fraction of sp³-hybridized carbons (Fsp3) is 0.0714. The van der Waals surface area contributed by atoms with Gasteiger partial charge in [0.1, 0.15) is 6.07 Å². The number of carboxylic acid groups (broad SMARTS) is 1. The van der Waals surface area contributed by atoms with E-state index in [0.717, 1.165) is 11.0 Å². The van der Waals surface area contributed by atoms with Crippen LogP contribution in [0.2, 0.25) is 0 Å². The maximum atomic E-state index is 10.2. The van der Waals surface area contributed by atoms with Gasteiger partial charge in [0.25, 0.3) is 0 Å². The van der Waals surface area contributed by atoms with Gasteiger partial charge in [-0.05, 0) is 22.9 Å². The maximum absolute atomic E-state index is 10.2. The highest BCUT2D eigenvalue weighted by molar-refractivity contribution is 7.11. The largest absolute Gasteiger partial charge is 0.478 e. The Balaban J connectivity index is 0.000000217. The van der Waals surface area contributed by atoms with Crippen LogP contribution in [0.1, 0.15) is 9.75 Å². The highest BCUT2D eigenvalue weighted by Gasteiger charge is 2.02. The molecule has 6 heteroatoms. The molecule has 1 N–H and O–H groups in total. The van der Waals surface area contributed by atoms with E-state index in [0.29, 0.717) is 11.3 Å². The SMILES string of the molecule is N#C/C(=C/C(=O)O)c1cccs1.N#CCc1cccs1. The van der Waals surface area contributed by atoms with Crippen LogP contribution in [0.5, 0.6) is 0 Å². The molecule has 0 saturated carbocycles. The summed E-state index contributed by atoms with van der Waals surface area (Å²) in [6, 6.07) is 11.3. The Hall–Kier alpha value is -2.41. The number of hydrogen-bond donors (Lipinski definition) is 1. The van der Waals surface area contributed by atoms with E-state index >= 15 is 0 Å². The second kappa shape index (κ2) is 8.65. The van der Waals surface area contributed by atoms with Gasteiger partial charge in [0, 0.05) is 15.8 Å². The highest BCUT2D eigenvalue weighted by atomic mass is 32.1. The van der Waals surface area contributed by atoms with Crippen molar-refractivity contribution in [2.24, 2.45) is 0 Å². The molecule has 0 unspecified atom stereocenters. The molecule has 0 atom stereocenters. The van der Waals surface area contributed by atoms with E-state index in [-0.39, 0.29) is 5.57 Å². The van der Waals surface area contributed by atoms with Crippen molar-refractivity contribution < 1.29 is 9.90 Å². The molecule has 0 aliphatic rings. The molecule has 20 heavy (non-hydrogen) atoms. The Morgan fingerprint density at radius 1 is 1.25 bits per heavy atom. The van der Waals surface area contributed by atoms with Gasteiger partial charge in [-0.15, -0.1) is 22.7 Å². The number of hydrogen-bond acceptors (Lipinski definition) is 5. The molecule has 0 radical (unpaired) electrons. The number of rotatable bonds is 3. The van der Waals surface area contributed by atoms with Gasteiger partial charge in [0.15, 0.2) is 0 Å². The minimum Gasteiger partial charge on any atom is -0.478 e. The molecule has 0 aromatic carbocycles. The number of thiophene rings is 2. The molecule has 0 spiro atoms. The summed E-state index contributed by atoms with van der Waals surface area (Å²) in [5.74, 6) is -1.10. The zero-order valence-electron chi connectivity index (χ0n) is 10.3. The summed E-state index contributed by atoms with van der Waals surface area (Å²) < 4.78 is 0. The van der Waals surface area contributed by atoms with Crippen molar-refractivity contribution in [3.8, 4) is 12.1 Å². The van der Waals surface area contributed by atoms with Crippen molar-refractivity contribution in [3.05, 3.63) is 50.9 Å². The predicted molar refractivity (Wildman–Crippen MR) is 79.2 cm³/mol. The van der Waals surface area contributed by atoms with E-state index in [1.807, 2.05) is 23.6 Å². The third kappa shape index (κ3) is 5.49. The Morgan fingerprint density at radius 2 is 1.95 bits per heavy atom. The van der Waals surface area contributed by atoms with Gasteiger partial charge in [-0.3, -0.25) is 0 Å². The zero-order chi connectivity index (χ0) is 14.8. The minimum atomic E-state index is -1.10. The molecule has 0 saturated heterocycles. The summed E-state index contributed by atoms with van der Waals surface area (Å²) >= 11 is 2.97. The third-order valence-corrected chi connectivity index (χ3v) is 3.79. The molecule has 2 aromatic heterocycles. The first kappa shape index (κ1) is 15.6. The van der Waals surface area contributed by atoms with Gasteiger partial charge >= 0.3 is 5.97 Å². The normalized spacial score (nSPS) is 9.80. The number of carbonyl (C=O) groups is 1. The van der Waals surface area contributed by atoms with Crippen molar-refractivity contribution in [2.75, 3.05) is 0 Å². The average Bonchev–Trinajstić information content (AvgIpc) is 3.09. The van der Waals surface area contributed by atoms with Crippen LogP contribution in [0.4, 0.5) is 0 Å². The van der Waals surface area contributed by atoms with Crippen molar-refractivity contribution in [3.63, 3.8) is 0 Å². The Labute approximate surface area is 124 Å². The second-order valence-corrected chi connectivity index (χ2v) is 5.38. The van der Waals surface area contributed by atoms with Crippen molar-refractivity contribution in [2.45, 2.75) is 6.42 Å². The first-order chi connectivity index (χ1) is 9.67. The summed E-state index contributed by atoms with van der Waals surface area (Å²) in [6.45, 7) is 0. The van der Waals surface area contributed by atoms with E-state index in [9.17, 15) is 4.79 Å². The molecule has 2 aromatic rings. The van der Waals surface area contributed by atoms with Crippen LogP contribution in [0.25, 0.3) is 5.57 Å². The first-order valence-electron chi connectivity index (χ1n) is 5.45. The van der Waals surface area contributed by atoms with E-state index < -0.39 is 5.97 Å². The van der Waals surface area contributed by atoms with Crippen LogP contribution in [0.15, 0.2) is 41.1 Å². The molecule has 0 aliphatic heterocycles. The van der Waals surface area contributed by atoms with E-state index in [2.05, 4.69) is 6.07 Å². The minimum absolute atomic E-state index is 0.192. The molecule has 0 fully saturated rings. The Morgan fingerprint density at radius 3 is 2.40 bits per heavy atom. The van der Waals surface area contributed by atoms with E-state index in [4.69, 9.17) is 15.6 Å². The van der Waals surface area contributed by atoms with Crippen molar-refractivity contribution in [1.82, 2.24) is 0 Å². The van der Waals surface area contributed by atoms with Crippen LogP contribution >= 0.6 is 22.7 Å². The predicted octanol–water partition coefficient (Wildman–Crippen LogP) is 3.55. The molecule has 0 amide bonds. The van der Waals surface area contributed by atoms with E-state index in [1.54, 1.807) is 28.8 Å².